The van der Waals surface area contributed by atoms with Gasteiger partial charge in [0.1, 0.15) is 0 Å². The number of hydrogen-bond acceptors (Lipinski definition) is 4. The predicted octanol–water partition coefficient (Wildman–Crippen LogP) is 2.26. The van der Waals surface area contributed by atoms with E-state index >= 15 is 0 Å². The van der Waals surface area contributed by atoms with E-state index < -0.39 is 10.0 Å². The van der Waals surface area contributed by atoms with Crippen molar-refractivity contribution < 1.29 is 13.2 Å². The first-order chi connectivity index (χ1) is 13.2. The number of nitrogens with zero attached hydrogens (tertiary/aromatic N) is 3. The summed E-state index contributed by atoms with van der Waals surface area (Å²) in [7, 11) is -3.49. The van der Waals surface area contributed by atoms with Gasteiger partial charge >= 0.3 is 0 Å². The Kier molecular flexibility index (Phi) is 6.47. The van der Waals surface area contributed by atoms with Gasteiger partial charge in [0, 0.05) is 39.3 Å². The van der Waals surface area contributed by atoms with E-state index in [1.165, 1.54) is 0 Å². The van der Waals surface area contributed by atoms with Crippen LogP contribution in [0, 0.1) is 19.8 Å². The highest BCUT2D eigenvalue weighted by Crippen LogP contribution is 2.22. The SMILES string of the molecule is Cc1ccc(S(=O)(=O)N2CCN(C(C)C(=O)N3CCC(C)CC3)CC2)cc1C. The molecule has 28 heavy (non-hydrogen) atoms. The standard InChI is InChI=1S/C21H33N3O3S/c1-16-7-9-23(10-8-16)21(25)19(4)22-11-13-24(14-12-22)28(26,27)20-6-5-17(2)18(3)15-20/h5-6,15-16,19H,7-14H2,1-4H3. The van der Waals surface area contributed by atoms with E-state index in [-0.39, 0.29) is 11.9 Å². The number of aryl methyl sites for hydroxylation is 2. The maximum absolute atomic E-state index is 13.0. The summed E-state index contributed by atoms with van der Waals surface area (Å²) < 4.78 is 27.5. The van der Waals surface area contributed by atoms with Gasteiger partial charge in [0.2, 0.25) is 15.9 Å². The van der Waals surface area contributed by atoms with Gasteiger partial charge in [0.25, 0.3) is 0 Å². The maximum Gasteiger partial charge on any atom is 0.243 e. The Balaban J connectivity index is 1.60. The molecule has 1 unspecified atom stereocenters. The minimum Gasteiger partial charge on any atom is -0.341 e. The molecule has 0 bridgehead atoms. The number of benzene rings is 1. The maximum atomic E-state index is 13.0. The van der Waals surface area contributed by atoms with Crippen LogP contribution in [-0.4, -0.2) is 73.7 Å². The van der Waals surface area contributed by atoms with Crippen LogP contribution in [0.25, 0.3) is 0 Å². The fourth-order valence-electron chi connectivity index (χ4n) is 4.00. The van der Waals surface area contributed by atoms with E-state index in [1.807, 2.05) is 31.7 Å². The zero-order valence-electron chi connectivity index (χ0n) is 17.5. The predicted molar refractivity (Wildman–Crippen MR) is 111 cm³/mol. The average Bonchev–Trinajstić information content (AvgIpc) is 2.69. The lowest BCUT2D eigenvalue weighted by Crippen LogP contribution is -2.56. The van der Waals surface area contributed by atoms with Crippen molar-refractivity contribution in [3.05, 3.63) is 29.3 Å². The lowest BCUT2D eigenvalue weighted by molar-refractivity contribution is -0.138. The van der Waals surface area contributed by atoms with E-state index in [2.05, 4.69) is 11.8 Å². The highest BCUT2D eigenvalue weighted by molar-refractivity contribution is 7.89. The third-order valence-corrected chi connectivity index (χ3v) is 8.28. The second-order valence-electron chi connectivity index (χ2n) is 8.37. The molecule has 2 aliphatic rings. The molecule has 0 N–H and O–H groups in total. The van der Waals surface area contributed by atoms with E-state index in [1.54, 1.807) is 16.4 Å². The monoisotopic (exact) mass is 407 g/mol. The first-order valence-electron chi connectivity index (χ1n) is 10.3. The van der Waals surface area contributed by atoms with Crippen LogP contribution in [0.5, 0.6) is 0 Å². The molecule has 1 amide bonds. The first-order valence-corrected chi connectivity index (χ1v) is 11.7. The fourth-order valence-corrected chi connectivity index (χ4v) is 5.51. The number of hydrogen-bond donors (Lipinski definition) is 0. The van der Waals surface area contributed by atoms with Crippen molar-refractivity contribution in [2.75, 3.05) is 39.3 Å². The topological polar surface area (TPSA) is 60.9 Å². The molecular formula is C21H33N3O3S. The van der Waals surface area contributed by atoms with Crippen LogP contribution in [0.4, 0.5) is 0 Å². The number of piperidine rings is 1. The second-order valence-corrected chi connectivity index (χ2v) is 10.3. The van der Waals surface area contributed by atoms with Gasteiger partial charge in [-0.15, -0.1) is 0 Å². The lowest BCUT2D eigenvalue weighted by atomic mass is 9.98. The molecule has 0 aromatic heterocycles. The zero-order chi connectivity index (χ0) is 20.5. The van der Waals surface area contributed by atoms with Crippen LogP contribution >= 0.6 is 0 Å². The van der Waals surface area contributed by atoms with Gasteiger partial charge in [0.15, 0.2) is 0 Å². The van der Waals surface area contributed by atoms with Crippen molar-refractivity contribution in [3.63, 3.8) is 0 Å². The van der Waals surface area contributed by atoms with E-state index in [9.17, 15) is 13.2 Å². The molecule has 0 aliphatic carbocycles. The van der Waals surface area contributed by atoms with Gasteiger partial charge in [-0.25, -0.2) is 8.42 Å². The third-order valence-electron chi connectivity index (χ3n) is 6.39. The third kappa shape index (κ3) is 4.42. The smallest absolute Gasteiger partial charge is 0.243 e. The molecule has 7 heteroatoms. The first kappa shape index (κ1) is 21.3. The number of carbonyl (C=O) groups excluding carboxylic acids is 1. The molecule has 1 aromatic rings. The summed E-state index contributed by atoms with van der Waals surface area (Å²) in [4.78, 5) is 17.3. The van der Waals surface area contributed by atoms with Crippen LogP contribution < -0.4 is 0 Å². The van der Waals surface area contributed by atoms with E-state index in [4.69, 9.17) is 0 Å². The largest absolute Gasteiger partial charge is 0.341 e. The molecule has 156 valence electrons. The molecule has 0 radical (unpaired) electrons. The molecule has 0 saturated carbocycles. The molecule has 2 aliphatic heterocycles. The Morgan fingerprint density at radius 2 is 1.61 bits per heavy atom. The normalized spacial score (nSPS) is 21.6. The molecule has 1 atom stereocenters. The van der Waals surface area contributed by atoms with Crippen molar-refractivity contribution in [3.8, 4) is 0 Å². The summed E-state index contributed by atoms with van der Waals surface area (Å²) in [6.07, 6.45) is 2.14. The van der Waals surface area contributed by atoms with Gasteiger partial charge in [-0.1, -0.05) is 13.0 Å². The summed E-state index contributed by atoms with van der Waals surface area (Å²) in [5, 5.41) is 0. The molecule has 3 rings (SSSR count). The van der Waals surface area contributed by atoms with E-state index in [0.717, 1.165) is 37.1 Å². The average molecular weight is 408 g/mol. The van der Waals surface area contributed by atoms with Crippen LogP contribution in [0.3, 0.4) is 0 Å². The quantitative estimate of drug-likeness (QED) is 0.768. The molecular weight excluding hydrogens is 374 g/mol. The molecule has 2 saturated heterocycles. The summed E-state index contributed by atoms with van der Waals surface area (Å²) in [5.74, 6) is 0.871. The van der Waals surface area contributed by atoms with Crippen molar-refractivity contribution in [1.29, 1.82) is 0 Å². The minimum atomic E-state index is -3.49. The highest BCUT2D eigenvalue weighted by Gasteiger charge is 2.33. The molecule has 0 spiro atoms. The zero-order valence-corrected chi connectivity index (χ0v) is 18.3. The number of piperazine rings is 1. The Morgan fingerprint density at radius 1 is 1.00 bits per heavy atom. The van der Waals surface area contributed by atoms with E-state index in [0.29, 0.717) is 37.0 Å². The Labute approximate surface area is 169 Å². The second kappa shape index (κ2) is 8.51. The number of rotatable bonds is 4. The van der Waals surface area contributed by atoms with Crippen LogP contribution in [0.15, 0.2) is 23.1 Å². The molecule has 2 heterocycles. The fraction of sp³-hybridized carbons (Fsp3) is 0.667. The van der Waals surface area contributed by atoms with Gasteiger partial charge in [-0.05, 0) is 62.8 Å². The van der Waals surface area contributed by atoms with Crippen molar-refractivity contribution in [2.24, 2.45) is 5.92 Å². The van der Waals surface area contributed by atoms with Gasteiger partial charge in [-0.2, -0.15) is 4.31 Å². The van der Waals surface area contributed by atoms with Crippen molar-refractivity contribution >= 4 is 15.9 Å². The van der Waals surface area contributed by atoms with Crippen LogP contribution in [-0.2, 0) is 14.8 Å². The molecule has 1 aromatic carbocycles. The lowest BCUT2D eigenvalue weighted by Gasteiger charge is -2.39. The summed E-state index contributed by atoms with van der Waals surface area (Å²) in [5.41, 5.74) is 2.07. The summed E-state index contributed by atoms with van der Waals surface area (Å²) >= 11 is 0. The van der Waals surface area contributed by atoms with Crippen LogP contribution in [0.1, 0.15) is 37.8 Å². The van der Waals surface area contributed by atoms with Crippen LogP contribution in [0.2, 0.25) is 0 Å². The van der Waals surface area contributed by atoms with Gasteiger partial charge < -0.3 is 4.90 Å². The minimum absolute atomic E-state index is 0.178. The number of carbonyl (C=O) groups is 1. The highest BCUT2D eigenvalue weighted by atomic mass is 32.2. The van der Waals surface area contributed by atoms with Gasteiger partial charge in [-0.3, -0.25) is 9.69 Å². The Bertz CT molecular complexity index is 808. The molecule has 2 fully saturated rings. The molecule has 6 nitrogen and oxygen atoms in total. The Hall–Kier alpha value is -1.44. The summed E-state index contributed by atoms with van der Waals surface area (Å²) in [6, 6.07) is 5.10. The van der Waals surface area contributed by atoms with Crippen molar-refractivity contribution in [1.82, 2.24) is 14.1 Å². The van der Waals surface area contributed by atoms with Crippen molar-refractivity contribution in [2.45, 2.75) is 51.5 Å². The number of likely N-dealkylation sites (tertiary alicyclic amines) is 1. The van der Waals surface area contributed by atoms with Gasteiger partial charge in [0.05, 0.1) is 10.9 Å². The number of sulfonamides is 1. The summed E-state index contributed by atoms with van der Waals surface area (Å²) in [6.45, 7) is 11.8. The number of amides is 1. The Morgan fingerprint density at radius 3 is 2.18 bits per heavy atom.